The van der Waals surface area contributed by atoms with Crippen molar-refractivity contribution in [2.24, 2.45) is 0 Å². The molecule has 1 amide bonds. The summed E-state index contributed by atoms with van der Waals surface area (Å²) in [5.74, 6) is 1.75. The standard InChI is InChI=1S/C26H34N4O2S/c1-7-19-11-9-10-12-22(19)27-23(31)17-33-25-29-28-24(30(25)8-2)18(3)32-21-15-13-20(14-16-21)26(4,5)6/h9-16,18H,7-8,17H2,1-6H3,(H,27,31). The molecule has 3 aromatic rings. The molecule has 176 valence electrons. The van der Waals surface area contributed by atoms with Gasteiger partial charge in [-0.3, -0.25) is 4.79 Å². The first-order valence-electron chi connectivity index (χ1n) is 11.4. The maximum atomic E-state index is 12.5. The van der Waals surface area contributed by atoms with Crippen molar-refractivity contribution in [3.8, 4) is 5.75 Å². The number of hydrogen-bond donors (Lipinski definition) is 1. The van der Waals surface area contributed by atoms with Crippen LogP contribution in [0.4, 0.5) is 5.69 Å². The van der Waals surface area contributed by atoms with E-state index in [4.69, 9.17) is 4.74 Å². The molecule has 2 aromatic carbocycles. The van der Waals surface area contributed by atoms with Crippen LogP contribution in [-0.4, -0.2) is 26.4 Å². The number of amides is 1. The topological polar surface area (TPSA) is 69.0 Å². The smallest absolute Gasteiger partial charge is 0.234 e. The first kappa shape index (κ1) is 24.8. The van der Waals surface area contributed by atoms with Crippen molar-refractivity contribution in [3.05, 3.63) is 65.5 Å². The van der Waals surface area contributed by atoms with E-state index in [9.17, 15) is 4.79 Å². The quantitative estimate of drug-likeness (QED) is 0.390. The van der Waals surface area contributed by atoms with Crippen LogP contribution in [0.5, 0.6) is 5.75 Å². The highest BCUT2D eigenvalue weighted by molar-refractivity contribution is 7.99. The Kier molecular flexibility index (Phi) is 8.19. The highest BCUT2D eigenvalue weighted by Crippen LogP contribution is 2.28. The number of benzene rings is 2. The summed E-state index contributed by atoms with van der Waals surface area (Å²) in [4.78, 5) is 12.5. The molecule has 1 aromatic heterocycles. The summed E-state index contributed by atoms with van der Waals surface area (Å²) in [6, 6.07) is 16.1. The molecule has 33 heavy (non-hydrogen) atoms. The molecular weight excluding hydrogens is 432 g/mol. The second-order valence-electron chi connectivity index (χ2n) is 8.97. The zero-order chi connectivity index (χ0) is 24.0. The van der Waals surface area contributed by atoms with Crippen LogP contribution in [0.2, 0.25) is 0 Å². The minimum absolute atomic E-state index is 0.0589. The van der Waals surface area contributed by atoms with E-state index in [0.29, 0.717) is 11.7 Å². The number of aryl methyl sites for hydroxylation is 1. The molecule has 0 aliphatic carbocycles. The zero-order valence-electron chi connectivity index (χ0n) is 20.4. The number of nitrogens with one attached hydrogen (secondary N) is 1. The molecule has 1 heterocycles. The van der Waals surface area contributed by atoms with Gasteiger partial charge in [-0.2, -0.15) is 0 Å². The maximum absolute atomic E-state index is 12.5. The van der Waals surface area contributed by atoms with Crippen molar-refractivity contribution in [3.63, 3.8) is 0 Å². The van der Waals surface area contributed by atoms with Gasteiger partial charge in [0, 0.05) is 12.2 Å². The lowest BCUT2D eigenvalue weighted by Gasteiger charge is -2.20. The SMILES string of the molecule is CCc1ccccc1NC(=O)CSc1nnc(C(C)Oc2ccc(C(C)(C)C)cc2)n1CC. The number of hydrogen-bond acceptors (Lipinski definition) is 5. The first-order chi connectivity index (χ1) is 15.7. The Morgan fingerprint density at radius 1 is 1.09 bits per heavy atom. The third-order valence-corrected chi connectivity index (χ3v) is 6.43. The van der Waals surface area contributed by atoms with Crippen LogP contribution in [-0.2, 0) is 23.2 Å². The third kappa shape index (κ3) is 6.38. The molecule has 0 spiro atoms. The third-order valence-electron chi connectivity index (χ3n) is 5.46. The van der Waals surface area contributed by atoms with Crippen LogP contribution < -0.4 is 10.1 Å². The van der Waals surface area contributed by atoms with E-state index >= 15 is 0 Å². The molecule has 0 aliphatic heterocycles. The number of carbonyl (C=O) groups excluding carboxylic acids is 1. The molecule has 0 fully saturated rings. The second-order valence-corrected chi connectivity index (χ2v) is 9.91. The van der Waals surface area contributed by atoms with Gasteiger partial charge in [0.25, 0.3) is 0 Å². The van der Waals surface area contributed by atoms with Crippen molar-refractivity contribution in [2.45, 2.75) is 71.2 Å². The van der Waals surface area contributed by atoms with Crippen LogP contribution in [0.3, 0.4) is 0 Å². The zero-order valence-corrected chi connectivity index (χ0v) is 21.2. The van der Waals surface area contributed by atoms with Crippen LogP contribution in [0.15, 0.2) is 53.7 Å². The summed E-state index contributed by atoms with van der Waals surface area (Å²) in [5.41, 5.74) is 3.35. The number of carbonyl (C=O) groups is 1. The monoisotopic (exact) mass is 466 g/mol. The first-order valence-corrected chi connectivity index (χ1v) is 12.4. The molecule has 0 bridgehead atoms. The van der Waals surface area contributed by atoms with Gasteiger partial charge < -0.3 is 14.6 Å². The van der Waals surface area contributed by atoms with E-state index in [-0.39, 0.29) is 23.2 Å². The van der Waals surface area contributed by atoms with Crippen molar-refractivity contribution >= 4 is 23.4 Å². The lowest BCUT2D eigenvalue weighted by atomic mass is 9.87. The van der Waals surface area contributed by atoms with Crippen LogP contribution in [0, 0.1) is 0 Å². The summed E-state index contributed by atoms with van der Waals surface area (Å²) < 4.78 is 8.15. The highest BCUT2D eigenvalue weighted by atomic mass is 32.2. The number of nitrogens with zero attached hydrogens (tertiary/aromatic N) is 3. The predicted molar refractivity (Wildman–Crippen MR) is 135 cm³/mol. The number of ether oxygens (including phenoxy) is 1. The van der Waals surface area contributed by atoms with Crippen molar-refractivity contribution in [1.29, 1.82) is 0 Å². The summed E-state index contributed by atoms with van der Waals surface area (Å²) in [7, 11) is 0. The van der Waals surface area contributed by atoms with Crippen molar-refractivity contribution in [1.82, 2.24) is 14.8 Å². The Morgan fingerprint density at radius 3 is 2.42 bits per heavy atom. The number of rotatable bonds is 9. The fourth-order valence-electron chi connectivity index (χ4n) is 3.56. The average molecular weight is 467 g/mol. The van der Waals surface area contributed by atoms with Gasteiger partial charge >= 0.3 is 0 Å². The Bertz CT molecular complexity index is 1070. The summed E-state index contributed by atoms with van der Waals surface area (Å²) in [6.45, 7) is 13.4. The summed E-state index contributed by atoms with van der Waals surface area (Å²) >= 11 is 1.38. The molecule has 3 rings (SSSR count). The molecule has 0 saturated heterocycles. The largest absolute Gasteiger partial charge is 0.483 e. The molecule has 0 saturated carbocycles. The maximum Gasteiger partial charge on any atom is 0.234 e. The summed E-state index contributed by atoms with van der Waals surface area (Å²) in [6.07, 6.45) is 0.603. The fourth-order valence-corrected chi connectivity index (χ4v) is 4.37. The van der Waals surface area contributed by atoms with Crippen LogP contribution in [0.25, 0.3) is 0 Å². The number of para-hydroxylation sites is 1. The Hall–Kier alpha value is -2.80. The Labute approximate surface area is 201 Å². The van der Waals surface area contributed by atoms with E-state index in [2.05, 4.69) is 55.3 Å². The Balaban J connectivity index is 1.63. The van der Waals surface area contributed by atoms with Gasteiger partial charge in [0.2, 0.25) is 5.91 Å². The highest BCUT2D eigenvalue weighted by Gasteiger charge is 2.20. The molecular formula is C26H34N4O2S. The van der Waals surface area contributed by atoms with Gasteiger partial charge in [0.1, 0.15) is 5.75 Å². The van der Waals surface area contributed by atoms with Gasteiger partial charge in [0.05, 0.1) is 5.75 Å². The van der Waals surface area contributed by atoms with E-state index in [1.54, 1.807) is 0 Å². The van der Waals surface area contributed by atoms with Crippen LogP contribution >= 0.6 is 11.8 Å². The van der Waals surface area contributed by atoms with Crippen molar-refractivity contribution in [2.75, 3.05) is 11.1 Å². The van der Waals surface area contributed by atoms with E-state index in [1.807, 2.05) is 54.8 Å². The van der Waals surface area contributed by atoms with E-state index in [0.717, 1.165) is 29.2 Å². The molecule has 0 aliphatic rings. The minimum Gasteiger partial charge on any atom is -0.483 e. The minimum atomic E-state index is -0.266. The van der Waals surface area contributed by atoms with Gasteiger partial charge in [0.15, 0.2) is 17.1 Å². The van der Waals surface area contributed by atoms with E-state index < -0.39 is 0 Å². The number of thioether (sulfide) groups is 1. The lowest BCUT2D eigenvalue weighted by molar-refractivity contribution is -0.113. The molecule has 7 heteroatoms. The molecule has 1 atom stereocenters. The number of anilines is 1. The van der Waals surface area contributed by atoms with Crippen LogP contribution in [0.1, 0.15) is 64.6 Å². The number of aromatic nitrogens is 3. The van der Waals surface area contributed by atoms with Gasteiger partial charge in [-0.1, -0.05) is 69.8 Å². The fraction of sp³-hybridized carbons (Fsp3) is 0.423. The van der Waals surface area contributed by atoms with Gasteiger partial charge in [-0.05, 0) is 55.0 Å². The van der Waals surface area contributed by atoms with E-state index in [1.165, 1.54) is 17.3 Å². The second kappa shape index (κ2) is 10.9. The Morgan fingerprint density at radius 2 is 1.79 bits per heavy atom. The molecule has 1 N–H and O–H groups in total. The molecule has 1 unspecified atom stereocenters. The molecule has 0 radical (unpaired) electrons. The normalized spacial score (nSPS) is 12.4. The molecule has 6 nitrogen and oxygen atoms in total. The van der Waals surface area contributed by atoms with Gasteiger partial charge in [-0.25, -0.2) is 0 Å². The van der Waals surface area contributed by atoms with Crippen molar-refractivity contribution < 1.29 is 9.53 Å². The van der Waals surface area contributed by atoms with Gasteiger partial charge in [-0.15, -0.1) is 10.2 Å². The average Bonchev–Trinajstić information content (AvgIpc) is 3.21. The predicted octanol–water partition coefficient (Wildman–Crippen LogP) is 6.03. The lowest BCUT2D eigenvalue weighted by Crippen LogP contribution is -2.16. The summed E-state index contributed by atoms with van der Waals surface area (Å²) in [5, 5.41) is 12.4.